The summed E-state index contributed by atoms with van der Waals surface area (Å²) in [5.41, 5.74) is 1.16. The summed E-state index contributed by atoms with van der Waals surface area (Å²) in [6.07, 6.45) is 0.560. The highest BCUT2D eigenvalue weighted by Gasteiger charge is 2.23. The fraction of sp³-hybridized carbons (Fsp3) is 0.400. The second-order valence-corrected chi connectivity index (χ2v) is 3.84. The Hall–Kier alpha value is -0.280. The molecule has 0 aliphatic carbocycles. The number of hydrogen-bond donors (Lipinski definition) is 2. The third kappa shape index (κ3) is 2.61. The molecule has 1 aliphatic rings. The van der Waals surface area contributed by atoms with Crippen molar-refractivity contribution < 1.29 is 5.11 Å². The lowest BCUT2D eigenvalue weighted by atomic mass is 10.1. The number of rotatable bonds is 1. The monoisotopic (exact) mass is 233 g/mol. The van der Waals surface area contributed by atoms with Crippen molar-refractivity contribution in [1.82, 2.24) is 5.32 Å². The molecule has 0 amide bonds. The van der Waals surface area contributed by atoms with Crippen LogP contribution < -0.4 is 5.32 Å². The van der Waals surface area contributed by atoms with Crippen LogP contribution in [0, 0.1) is 0 Å². The Balaban J connectivity index is 0.000000980. The van der Waals surface area contributed by atoms with Crippen molar-refractivity contribution in [1.29, 1.82) is 0 Å². The van der Waals surface area contributed by atoms with Crippen LogP contribution in [0.3, 0.4) is 0 Å². The Labute approximate surface area is 94.7 Å². The van der Waals surface area contributed by atoms with Gasteiger partial charge in [0.1, 0.15) is 0 Å². The summed E-state index contributed by atoms with van der Waals surface area (Å²) in [6.45, 7) is 0.678. The second kappa shape index (κ2) is 4.99. The zero-order valence-corrected chi connectivity index (χ0v) is 9.18. The molecule has 2 rings (SSSR count). The van der Waals surface area contributed by atoms with Crippen molar-refractivity contribution >= 4 is 24.0 Å². The molecular formula is C10H13Cl2NO. The van der Waals surface area contributed by atoms with Gasteiger partial charge in [-0.15, -0.1) is 12.4 Å². The number of aliphatic hydroxyl groups excluding tert-OH is 1. The standard InChI is InChI=1S/C10H12ClNO.ClH/c11-8-3-1-2-7(4-8)10-5-9(13)6-12-10;/h1-4,9-10,12-13H,5-6H2;1H. The van der Waals surface area contributed by atoms with Gasteiger partial charge in [0.05, 0.1) is 6.10 Å². The number of β-amino-alcohol motifs (C(OH)–C–C–N with tert-alkyl or cyclic N) is 1. The van der Waals surface area contributed by atoms with Crippen LogP contribution in [0.15, 0.2) is 24.3 Å². The van der Waals surface area contributed by atoms with Crippen LogP contribution >= 0.6 is 24.0 Å². The lowest BCUT2D eigenvalue weighted by Crippen LogP contribution is -2.14. The molecule has 2 unspecified atom stereocenters. The number of benzene rings is 1. The zero-order chi connectivity index (χ0) is 9.26. The van der Waals surface area contributed by atoms with Crippen LogP contribution in [-0.2, 0) is 0 Å². The number of nitrogens with one attached hydrogen (secondary N) is 1. The molecular weight excluding hydrogens is 221 g/mol. The maximum Gasteiger partial charge on any atom is 0.0682 e. The Morgan fingerprint density at radius 2 is 2.21 bits per heavy atom. The molecule has 2 N–H and O–H groups in total. The van der Waals surface area contributed by atoms with Gasteiger partial charge in [-0.25, -0.2) is 0 Å². The third-order valence-electron chi connectivity index (χ3n) is 2.36. The van der Waals surface area contributed by atoms with Crippen LogP contribution in [0.4, 0.5) is 0 Å². The second-order valence-electron chi connectivity index (χ2n) is 3.41. The Kier molecular flexibility index (Phi) is 4.20. The molecule has 1 aromatic carbocycles. The maximum absolute atomic E-state index is 9.33. The molecule has 0 aromatic heterocycles. The van der Waals surface area contributed by atoms with Gasteiger partial charge in [0.2, 0.25) is 0 Å². The van der Waals surface area contributed by atoms with E-state index in [-0.39, 0.29) is 24.6 Å². The molecule has 0 radical (unpaired) electrons. The largest absolute Gasteiger partial charge is 0.392 e. The van der Waals surface area contributed by atoms with Gasteiger partial charge in [-0.3, -0.25) is 0 Å². The van der Waals surface area contributed by atoms with Gasteiger partial charge in [0.15, 0.2) is 0 Å². The minimum atomic E-state index is -0.219. The summed E-state index contributed by atoms with van der Waals surface area (Å²) >= 11 is 5.87. The molecule has 0 bridgehead atoms. The third-order valence-corrected chi connectivity index (χ3v) is 2.59. The summed E-state index contributed by atoms with van der Waals surface area (Å²) in [4.78, 5) is 0. The fourth-order valence-electron chi connectivity index (χ4n) is 1.69. The molecule has 1 fully saturated rings. The first-order valence-electron chi connectivity index (χ1n) is 4.42. The molecule has 4 heteroatoms. The van der Waals surface area contributed by atoms with E-state index in [4.69, 9.17) is 11.6 Å². The molecule has 78 valence electrons. The quantitative estimate of drug-likeness (QED) is 0.780. The zero-order valence-electron chi connectivity index (χ0n) is 7.61. The molecule has 2 atom stereocenters. The Bertz CT molecular complexity index is 306. The van der Waals surface area contributed by atoms with E-state index in [9.17, 15) is 5.11 Å². The normalized spacial score (nSPS) is 25.9. The number of aliphatic hydroxyl groups is 1. The molecule has 0 spiro atoms. The molecule has 1 aliphatic heterocycles. The molecule has 1 saturated heterocycles. The summed E-state index contributed by atoms with van der Waals surface area (Å²) in [5, 5.41) is 13.3. The van der Waals surface area contributed by atoms with E-state index >= 15 is 0 Å². The Morgan fingerprint density at radius 3 is 2.79 bits per heavy atom. The SMILES string of the molecule is Cl.OC1CNC(c2cccc(Cl)c2)C1. The van der Waals surface area contributed by atoms with E-state index in [1.807, 2.05) is 24.3 Å². The number of hydrogen-bond acceptors (Lipinski definition) is 2. The molecule has 1 aromatic rings. The highest BCUT2D eigenvalue weighted by molar-refractivity contribution is 6.30. The molecule has 1 heterocycles. The summed E-state index contributed by atoms with van der Waals surface area (Å²) < 4.78 is 0. The van der Waals surface area contributed by atoms with Crippen LogP contribution in [-0.4, -0.2) is 17.8 Å². The van der Waals surface area contributed by atoms with Crippen LogP contribution in [0.25, 0.3) is 0 Å². The highest BCUT2D eigenvalue weighted by atomic mass is 35.5. The van der Waals surface area contributed by atoms with Gasteiger partial charge in [-0.2, -0.15) is 0 Å². The Morgan fingerprint density at radius 1 is 1.43 bits per heavy atom. The summed E-state index contributed by atoms with van der Waals surface area (Å²) in [7, 11) is 0. The van der Waals surface area contributed by atoms with E-state index in [1.54, 1.807) is 0 Å². The van der Waals surface area contributed by atoms with Crippen molar-refractivity contribution in [3.63, 3.8) is 0 Å². The first-order valence-corrected chi connectivity index (χ1v) is 4.80. The van der Waals surface area contributed by atoms with Gasteiger partial charge >= 0.3 is 0 Å². The first kappa shape index (κ1) is 11.8. The molecule has 14 heavy (non-hydrogen) atoms. The predicted octanol–water partition coefficient (Wildman–Crippen LogP) is 2.16. The van der Waals surface area contributed by atoms with Gasteiger partial charge in [-0.05, 0) is 24.1 Å². The first-order chi connectivity index (χ1) is 6.25. The van der Waals surface area contributed by atoms with Crippen molar-refractivity contribution in [3.8, 4) is 0 Å². The van der Waals surface area contributed by atoms with Crippen molar-refractivity contribution in [2.45, 2.75) is 18.6 Å². The highest BCUT2D eigenvalue weighted by Crippen LogP contribution is 2.25. The summed E-state index contributed by atoms with van der Waals surface area (Å²) in [5.74, 6) is 0. The van der Waals surface area contributed by atoms with Crippen molar-refractivity contribution in [2.75, 3.05) is 6.54 Å². The van der Waals surface area contributed by atoms with Gasteiger partial charge < -0.3 is 10.4 Å². The smallest absolute Gasteiger partial charge is 0.0682 e. The predicted molar refractivity (Wildman–Crippen MR) is 60.1 cm³/mol. The van der Waals surface area contributed by atoms with Crippen LogP contribution in [0.5, 0.6) is 0 Å². The average Bonchev–Trinajstić information content (AvgIpc) is 2.52. The van der Waals surface area contributed by atoms with Gasteiger partial charge in [0, 0.05) is 17.6 Å². The maximum atomic E-state index is 9.33. The fourth-order valence-corrected chi connectivity index (χ4v) is 1.89. The van der Waals surface area contributed by atoms with Gasteiger partial charge in [-0.1, -0.05) is 23.7 Å². The van der Waals surface area contributed by atoms with E-state index in [1.165, 1.54) is 0 Å². The van der Waals surface area contributed by atoms with E-state index in [0.29, 0.717) is 6.54 Å². The minimum absolute atomic E-state index is 0. The van der Waals surface area contributed by atoms with Crippen molar-refractivity contribution in [2.24, 2.45) is 0 Å². The average molecular weight is 234 g/mol. The minimum Gasteiger partial charge on any atom is -0.392 e. The van der Waals surface area contributed by atoms with Crippen molar-refractivity contribution in [3.05, 3.63) is 34.9 Å². The van der Waals surface area contributed by atoms with Crippen LogP contribution in [0.1, 0.15) is 18.0 Å². The van der Waals surface area contributed by atoms with Crippen LogP contribution in [0.2, 0.25) is 5.02 Å². The van der Waals surface area contributed by atoms with E-state index < -0.39 is 0 Å². The van der Waals surface area contributed by atoms with E-state index in [0.717, 1.165) is 17.0 Å². The lowest BCUT2D eigenvalue weighted by molar-refractivity contribution is 0.193. The molecule has 0 saturated carbocycles. The number of halogens is 2. The van der Waals surface area contributed by atoms with Gasteiger partial charge in [0.25, 0.3) is 0 Å². The molecule has 2 nitrogen and oxygen atoms in total. The van der Waals surface area contributed by atoms with E-state index in [2.05, 4.69) is 5.32 Å². The topological polar surface area (TPSA) is 32.3 Å². The summed E-state index contributed by atoms with van der Waals surface area (Å²) in [6, 6.07) is 8.02. The lowest BCUT2D eigenvalue weighted by Gasteiger charge is -2.09.